The molecule has 2 rings (SSSR count). The first-order chi connectivity index (χ1) is 6.66. The molecule has 1 N–H and O–H groups in total. The average Bonchev–Trinajstić information content (AvgIpc) is 2.57. The second kappa shape index (κ2) is 3.79. The number of ether oxygens (including phenoxy) is 1. The van der Waals surface area contributed by atoms with Gasteiger partial charge >= 0.3 is 6.09 Å². The monoisotopic (exact) mass is 275 g/mol. The Balaban J connectivity index is 2.24. The Morgan fingerprint density at radius 2 is 2.36 bits per heavy atom. The van der Waals surface area contributed by atoms with Crippen LogP contribution in [0.15, 0.2) is 22.7 Å². The SMILES string of the molecule is O=C1NCC(c2ccc(Br)c(Cl)c2)O1. The van der Waals surface area contributed by atoms with E-state index in [0.29, 0.717) is 11.6 Å². The van der Waals surface area contributed by atoms with E-state index in [1.807, 2.05) is 12.1 Å². The van der Waals surface area contributed by atoms with E-state index in [0.717, 1.165) is 10.0 Å². The number of hydrogen-bond acceptors (Lipinski definition) is 2. The number of nitrogens with one attached hydrogen (secondary N) is 1. The van der Waals surface area contributed by atoms with Crippen molar-refractivity contribution in [2.24, 2.45) is 0 Å². The number of cyclic esters (lactones) is 1. The molecule has 0 spiro atoms. The minimum Gasteiger partial charge on any atom is -0.439 e. The molecule has 5 heteroatoms. The summed E-state index contributed by atoms with van der Waals surface area (Å²) in [7, 11) is 0. The Morgan fingerprint density at radius 1 is 1.57 bits per heavy atom. The molecule has 0 aromatic heterocycles. The normalized spacial score (nSPS) is 20.4. The van der Waals surface area contributed by atoms with Gasteiger partial charge in [-0.3, -0.25) is 0 Å². The lowest BCUT2D eigenvalue weighted by atomic mass is 10.1. The smallest absolute Gasteiger partial charge is 0.407 e. The summed E-state index contributed by atoms with van der Waals surface area (Å²) in [4.78, 5) is 10.8. The molecule has 1 aromatic rings. The maximum absolute atomic E-state index is 10.8. The van der Waals surface area contributed by atoms with Crippen molar-refractivity contribution in [3.05, 3.63) is 33.3 Å². The summed E-state index contributed by atoms with van der Waals surface area (Å²) >= 11 is 9.22. The number of rotatable bonds is 1. The Labute approximate surface area is 94.5 Å². The van der Waals surface area contributed by atoms with Gasteiger partial charge in [0, 0.05) is 4.47 Å². The molecule has 1 amide bonds. The van der Waals surface area contributed by atoms with Crippen LogP contribution in [0.4, 0.5) is 4.79 Å². The van der Waals surface area contributed by atoms with Crippen LogP contribution in [-0.4, -0.2) is 12.6 Å². The molecule has 74 valence electrons. The number of benzene rings is 1. The zero-order valence-electron chi connectivity index (χ0n) is 7.09. The van der Waals surface area contributed by atoms with Gasteiger partial charge in [0.15, 0.2) is 0 Å². The van der Waals surface area contributed by atoms with Gasteiger partial charge in [-0.2, -0.15) is 0 Å². The maximum Gasteiger partial charge on any atom is 0.407 e. The van der Waals surface area contributed by atoms with E-state index in [1.165, 1.54) is 0 Å². The summed E-state index contributed by atoms with van der Waals surface area (Å²) in [6, 6.07) is 5.50. The van der Waals surface area contributed by atoms with Crippen molar-refractivity contribution in [2.45, 2.75) is 6.10 Å². The fourth-order valence-electron chi connectivity index (χ4n) is 1.29. The zero-order valence-corrected chi connectivity index (χ0v) is 9.43. The maximum atomic E-state index is 10.8. The van der Waals surface area contributed by atoms with Crippen molar-refractivity contribution < 1.29 is 9.53 Å². The van der Waals surface area contributed by atoms with Crippen LogP contribution >= 0.6 is 27.5 Å². The van der Waals surface area contributed by atoms with Crippen LogP contribution in [0.5, 0.6) is 0 Å². The number of alkyl carbamates (subject to hydrolysis) is 1. The van der Waals surface area contributed by atoms with Crippen LogP contribution in [0.25, 0.3) is 0 Å². The molecule has 0 bridgehead atoms. The molecule has 1 aliphatic rings. The van der Waals surface area contributed by atoms with Crippen LogP contribution in [0, 0.1) is 0 Å². The van der Waals surface area contributed by atoms with Crippen molar-refractivity contribution >= 4 is 33.6 Å². The molecule has 1 atom stereocenters. The third-order valence-corrected chi connectivity index (χ3v) is 3.23. The van der Waals surface area contributed by atoms with Crippen LogP contribution in [0.3, 0.4) is 0 Å². The number of halogens is 2. The minimum absolute atomic E-state index is 0.229. The van der Waals surface area contributed by atoms with Gasteiger partial charge in [-0.1, -0.05) is 17.7 Å². The van der Waals surface area contributed by atoms with Gasteiger partial charge < -0.3 is 10.1 Å². The van der Waals surface area contributed by atoms with E-state index in [4.69, 9.17) is 16.3 Å². The minimum atomic E-state index is -0.381. The third kappa shape index (κ3) is 1.86. The van der Waals surface area contributed by atoms with Gasteiger partial charge in [0.05, 0.1) is 11.6 Å². The lowest BCUT2D eigenvalue weighted by molar-refractivity contribution is 0.141. The average molecular weight is 277 g/mol. The largest absolute Gasteiger partial charge is 0.439 e. The van der Waals surface area contributed by atoms with Gasteiger partial charge in [0.1, 0.15) is 6.10 Å². The number of carbonyl (C=O) groups is 1. The summed E-state index contributed by atoms with van der Waals surface area (Å²) in [5, 5.41) is 3.20. The standard InChI is InChI=1S/C9H7BrClNO2/c10-6-2-1-5(3-7(6)11)8-4-12-9(13)14-8/h1-3,8H,4H2,(H,12,13). The lowest BCUT2D eigenvalue weighted by Gasteiger charge is -2.08. The summed E-state index contributed by atoms with van der Waals surface area (Å²) < 4.78 is 5.85. The highest BCUT2D eigenvalue weighted by molar-refractivity contribution is 9.10. The van der Waals surface area contributed by atoms with E-state index >= 15 is 0 Å². The van der Waals surface area contributed by atoms with Gasteiger partial charge in [-0.25, -0.2) is 4.79 Å². The highest BCUT2D eigenvalue weighted by Gasteiger charge is 2.24. The highest BCUT2D eigenvalue weighted by atomic mass is 79.9. The molecule has 1 saturated heterocycles. The quantitative estimate of drug-likeness (QED) is 0.856. The summed E-state index contributed by atoms with van der Waals surface area (Å²) in [5.74, 6) is 0. The van der Waals surface area contributed by atoms with Crippen molar-refractivity contribution in [1.29, 1.82) is 0 Å². The molecule has 0 radical (unpaired) electrons. The Kier molecular flexibility index (Phi) is 2.65. The third-order valence-electron chi connectivity index (χ3n) is 2.00. The van der Waals surface area contributed by atoms with Crippen LogP contribution < -0.4 is 5.32 Å². The van der Waals surface area contributed by atoms with E-state index < -0.39 is 0 Å². The molecule has 1 heterocycles. The van der Waals surface area contributed by atoms with E-state index in [2.05, 4.69) is 21.2 Å². The van der Waals surface area contributed by atoms with Crippen LogP contribution in [0.1, 0.15) is 11.7 Å². The molecule has 0 saturated carbocycles. The first-order valence-electron chi connectivity index (χ1n) is 4.06. The molecular weight excluding hydrogens is 269 g/mol. The molecule has 1 unspecified atom stereocenters. The fourth-order valence-corrected chi connectivity index (χ4v) is 1.72. The Morgan fingerprint density at radius 3 is 2.93 bits per heavy atom. The zero-order chi connectivity index (χ0) is 10.1. The number of amides is 1. The van der Waals surface area contributed by atoms with Gasteiger partial charge in [0.25, 0.3) is 0 Å². The van der Waals surface area contributed by atoms with Crippen molar-refractivity contribution in [1.82, 2.24) is 5.32 Å². The van der Waals surface area contributed by atoms with Crippen molar-refractivity contribution in [2.75, 3.05) is 6.54 Å². The van der Waals surface area contributed by atoms with Gasteiger partial charge in [-0.05, 0) is 33.6 Å². The first-order valence-corrected chi connectivity index (χ1v) is 5.23. The Hall–Kier alpha value is -0.740. The first kappa shape index (κ1) is 9.80. The summed E-state index contributed by atoms with van der Waals surface area (Å²) in [6.07, 6.45) is -0.609. The molecule has 1 fully saturated rings. The summed E-state index contributed by atoms with van der Waals surface area (Å²) in [5.41, 5.74) is 0.900. The molecule has 3 nitrogen and oxygen atoms in total. The van der Waals surface area contributed by atoms with Crippen LogP contribution in [0.2, 0.25) is 5.02 Å². The van der Waals surface area contributed by atoms with Crippen LogP contribution in [-0.2, 0) is 4.74 Å². The topological polar surface area (TPSA) is 38.3 Å². The molecule has 1 aromatic carbocycles. The van der Waals surface area contributed by atoms with E-state index in [-0.39, 0.29) is 12.2 Å². The predicted molar refractivity (Wildman–Crippen MR) is 56.4 cm³/mol. The number of carbonyl (C=O) groups excluding carboxylic acids is 1. The van der Waals surface area contributed by atoms with Gasteiger partial charge in [0.2, 0.25) is 0 Å². The van der Waals surface area contributed by atoms with E-state index in [9.17, 15) is 4.79 Å². The number of hydrogen-bond donors (Lipinski definition) is 1. The fraction of sp³-hybridized carbons (Fsp3) is 0.222. The van der Waals surface area contributed by atoms with Crippen molar-refractivity contribution in [3.8, 4) is 0 Å². The molecule has 0 aliphatic carbocycles. The second-order valence-corrected chi connectivity index (χ2v) is 4.21. The lowest BCUT2D eigenvalue weighted by Crippen LogP contribution is -2.12. The van der Waals surface area contributed by atoms with Gasteiger partial charge in [-0.15, -0.1) is 0 Å². The highest BCUT2D eigenvalue weighted by Crippen LogP contribution is 2.28. The van der Waals surface area contributed by atoms with Crippen molar-refractivity contribution in [3.63, 3.8) is 0 Å². The Bertz CT molecular complexity index is 383. The van der Waals surface area contributed by atoms with E-state index in [1.54, 1.807) is 6.07 Å². The second-order valence-electron chi connectivity index (χ2n) is 2.95. The molecule has 1 aliphatic heterocycles. The predicted octanol–water partition coefficient (Wildman–Crippen LogP) is 2.88. The molecular formula is C9H7BrClNO2. The molecule has 14 heavy (non-hydrogen) atoms. The summed E-state index contributed by atoms with van der Waals surface area (Å²) in [6.45, 7) is 0.497.